The number of hydrogen-bond donors (Lipinski definition) is 0. The lowest BCUT2D eigenvalue weighted by Crippen LogP contribution is -2.41. The van der Waals surface area contributed by atoms with Crippen molar-refractivity contribution in [1.29, 1.82) is 0 Å². The first-order valence-electron chi connectivity index (χ1n) is 14.4. The molecule has 2 aliphatic rings. The van der Waals surface area contributed by atoms with Crippen molar-refractivity contribution in [3.05, 3.63) is 138 Å². The molecule has 200 valence electrons. The lowest BCUT2D eigenvalue weighted by Gasteiger charge is -2.34. The predicted octanol–water partition coefficient (Wildman–Crippen LogP) is 8.25. The van der Waals surface area contributed by atoms with Crippen LogP contribution in [0.25, 0.3) is 33.1 Å². The Morgan fingerprint density at radius 1 is 0.585 bits per heavy atom. The zero-order valence-corrected chi connectivity index (χ0v) is 23.8. The van der Waals surface area contributed by atoms with Crippen LogP contribution in [0.3, 0.4) is 0 Å². The minimum absolute atomic E-state index is 0.471. The number of fused-ring (bicyclic) bond motifs is 7. The molecule has 3 nitrogen and oxygen atoms in total. The molecule has 1 aliphatic carbocycles. The van der Waals surface area contributed by atoms with E-state index in [2.05, 4.69) is 137 Å². The van der Waals surface area contributed by atoms with Gasteiger partial charge in [0.25, 0.3) is 0 Å². The fourth-order valence-electron chi connectivity index (χ4n) is 6.99. The van der Waals surface area contributed by atoms with Crippen LogP contribution in [-0.2, 0) is 14.7 Å². The van der Waals surface area contributed by atoms with Crippen LogP contribution in [0.15, 0.2) is 120 Å². The molecule has 6 aromatic rings. The predicted molar refractivity (Wildman–Crippen MR) is 167 cm³/mol. The standard InChI is InChI=1S/C37H31BO3/c1-35(2)36(3,4)41-38(40-35)30-23-29-32(34-33(30)27-20-12-14-22-31(27)39-34)26-19-11-13-21-28(26)37(29,24-15-7-5-8-16-24)25-17-9-6-10-18-25/h5-23H,1-4H3. The van der Waals surface area contributed by atoms with Gasteiger partial charge in [0, 0.05) is 16.3 Å². The summed E-state index contributed by atoms with van der Waals surface area (Å²) in [6.07, 6.45) is 0. The molecule has 0 bridgehead atoms. The Morgan fingerprint density at radius 3 is 1.80 bits per heavy atom. The van der Waals surface area contributed by atoms with Gasteiger partial charge in [-0.05, 0) is 67.0 Å². The van der Waals surface area contributed by atoms with Gasteiger partial charge in [-0.3, -0.25) is 0 Å². The highest BCUT2D eigenvalue weighted by molar-refractivity contribution is 6.66. The van der Waals surface area contributed by atoms with E-state index < -0.39 is 23.7 Å². The second kappa shape index (κ2) is 8.45. The molecule has 0 amide bonds. The molecule has 0 radical (unpaired) electrons. The SMILES string of the molecule is CC1(C)OB(c2cc3c(c4oc5ccccc5c24)-c2ccccc2C3(c2ccccc2)c2ccccc2)OC1(C)C. The smallest absolute Gasteiger partial charge is 0.455 e. The van der Waals surface area contributed by atoms with Gasteiger partial charge in [-0.1, -0.05) is 109 Å². The van der Waals surface area contributed by atoms with E-state index in [1.165, 1.54) is 27.8 Å². The van der Waals surface area contributed by atoms with Crippen molar-refractivity contribution in [2.45, 2.75) is 44.3 Å². The van der Waals surface area contributed by atoms with E-state index in [-0.39, 0.29) is 0 Å². The number of para-hydroxylation sites is 1. The number of hydrogen-bond acceptors (Lipinski definition) is 3. The van der Waals surface area contributed by atoms with Gasteiger partial charge < -0.3 is 13.7 Å². The average molecular weight is 534 g/mol. The Balaban J connectivity index is 1.56. The summed E-state index contributed by atoms with van der Waals surface area (Å²) in [7, 11) is -0.540. The van der Waals surface area contributed by atoms with Crippen molar-refractivity contribution >= 4 is 34.5 Å². The first-order valence-corrected chi connectivity index (χ1v) is 14.4. The maximum Gasteiger partial charge on any atom is 0.495 e. The molecule has 1 aliphatic heterocycles. The van der Waals surface area contributed by atoms with Crippen LogP contribution in [0, 0.1) is 0 Å². The first-order chi connectivity index (χ1) is 19.8. The summed E-state index contributed by atoms with van der Waals surface area (Å²) in [4.78, 5) is 0. The van der Waals surface area contributed by atoms with E-state index in [1.807, 2.05) is 6.07 Å². The number of furan rings is 1. The minimum atomic E-state index is -0.542. The summed E-state index contributed by atoms with van der Waals surface area (Å²) in [5.74, 6) is 0. The molecule has 2 heterocycles. The van der Waals surface area contributed by atoms with E-state index in [1.54, 1.807) is 0 Å². The molecule has 8 rings (SSSR count). The largest absolute Gasteiger partial charge is 0.495 e. The normalized spacial score (nSPS) is 18.1. The average Bonchev–Trinajstić information content (AvgIpc) is 3.58. The van der Waals surface area contributed by atoms with Crippen LogP contribution in [0.4, 0.5) is 0 Å². The van der Waals surface area contributed by atoms with Gasteiger partial charge in [0.15, 0.2) is 0 Å². The van der Waals surface area contributed by atoms with Crippen LogP contribution in [0.2, 0.25) is 0 Å². The Morgan fingerprint density at radius 2 is 1.15 bits per heavy atom. The maximum atomic E-state index is 6.81. The van der Waals surface area contributed by atoms with E-state index in [0.717, 1.165) is 33.0 Å². The van der Waals surface area contributed by atoms with Gasteiger partial charge in [0.1, 0.15) is 11.2 Å². The summed E-state index contributed by atoms with van der Waals surface area (Å²) < 4.78 is 20.3. The molecule has 0 N–H and O–H groups in total. The molecule has 1 fully saturated rings. The molecule has 41 heavy (non-hydrogen) atoms. The molecular formula is C37H31BO3. The maximum absolute atomic E-state index is 6.81. The summed E-state index contributed by atoms with van der Waals surface area (Å²) in [5.41, 5.74) is 8.47. The fourth-order valence-corrected chi connectivity index (χ4v) is 6.99. The number of benzene rings is 5. The third-order valence-corrected chi connectivity index (χ3v) is 9.61. The fraction of sp³-hybridized carbons (Fsp3) is 0.189. The van der Waals surface area contributed by atoms with Gasteiger partial charge in [0.2, 0.25) is 0 Å². The van der Waals surface area contributed by atoms with Crippen molar-refractivity contribution in [3.8, 4) is 11.1 Å². The minimum Gasteiger partial charge on any atom is -0.455 e. The topological polar surface area (TPSA) is 31.6 Å². The third kappa shape index (κ3) is 3.23. The Bertz CT molecular complexity index is 1900. The van der Waals surface area contributed by atoms with Crippen LogP contribution in [0.1, 0.15) is 49.9 Å². The molecule has 4 heteroatoms. The second-order valence-electron chi connectivity index (χ2n) is 12.3. The number of rotatable bonds is 3. The van der Waals surface area contributed by atoms with Crippen LogP contribution < -0.4 is 5.46 Å². The van der Waals surface area contributed by atoms with Crippen LogP contribution in [0.5, 0.6) is 0 Å². The highest BCUT2D eigenvalue weighted by Gasteiger charge is 2.54. The Labute approximate surface area is 240 Å². The molecule has 0 spiro atoms. The van der Waals surface area contributed by atoms with Gasteiger partial charge in [-0.2, -0.15) is 0 Å². The summed E-state index contributed by atoms with van der Waals surface area (Å²) in [6.45, 7) is 8.44. The summed E-state index contributed by atoms with van der Waals surface area (Å²) >= 11 is 0. The van der Waals surface area contributed by atoms with Crippen molar-refractivity contribution < 1.29 is 13.7 Å². The summed E-state index contributed by atoms with van der Waals surface area (Å²) in [6, 6.07) is 41.1. The van der Waals surface area contributed by atoms with Gasteiger partial charge in [-0.15, -0.1) is 0 Å². The van der Waals surface area contributed by atoms with Crippen molar-refractivity contribution in [2.24, 2.45) is 0 Å². The molecule has 0 saturated carbocycles. The highest BCUT2D eigenvalue weighted by atomic mass is 16.7. The van der Waals surface area contributed by atoms with Crippen LogP contribution in [-0.4, -0.2) is 18.3 Å². The molecule has 1 aromatic heterocycles. The molecule has 0 unspecified atom stereocenters. The van der Waals surface area contributed by atoms with Crippen molar-refractivity contribution in [3.63, 3.8) is 0 Å². The van der Waals surface area contributed by atoms with E-state index in [9.17, 15) is 0 Å². The zero-order valence-electron chi connectivity index (χ0n) is 23.8. The van der Waals surface area contributed by atoms with Gasteiger partial charge in [0.05, 0.1) is 16.6 Å². The van der Waals surface area contributed by atoms with E-state index in [4.69, 9.17) is 13.7 Å². The third-order valence-electron chi connectivity index (χ3n) is 9.61. The Hall–Kier alpha value is -4.12. The van der Waals surface area contributed by atoms with Gasteiger partial charge >= 0.3 is 7.12 Å². The monoisotopic (exact) mass is 534 g/mol. The lowest BCUT2D eigenvalue weighted by molar-refractivity contribution is 0.00578. The van der Waals surface area contributed by atoms with E-state index >= 15 is 0 Å². The Kier molecular flexibility index (Phi) is 5.08. The van der Waals surface area contributed by atoms with Crippen molar-refractivity contribution in [1.82, 2.24) is 0 Å². The molecule has 1 saturated heterocycles. The van der Waals surface area contributed by atoms with E-state index in [0.29, 0.717) is 0 Å². The van der Waals surface area contributed by atoms with Crippen molar-refractivity contribution in [2.75, 3.05) is 0 Å². The first kappa shape index (κ1) is 24.7. The summed E-state index contributed by atoms with van der Waals surface area (Å²) in [5, 5.41) is 2.13. The molecular weight excluding hydrogens is 503 g/mol. The molecule has 5 aromatic carbocycles. The van der Waals surface area contributed by atoms with Gasteiger partial charge in [-0.25, -0.2) is 0 Å². The highest BCUT2D eigenvalue weighted by Crippen LogP contribution is 2.58. The second-order valence-corrected chi connectivity index (χ2v) is 12.3. The molecule has 0 atom stereocenters. The van der Waals surface area contributed by atoms with Crippen LogP contribution >= 0.6 is 0 Å². The quantitative estimate of drug-likeness (QED) is 0.214. The lowest BCUT2D eigenvalue weighted by atomic mass is 9.65. The zero-order chi connectivity index (χ0) is 28.0.